The predicted molar refractivity (Wildman–Crippen MR) is 133 cm³/mol. The lowest BCUT2D eigenvalue weighted by Gasteiger charge is -2.33. The van der Waals surface area contributed by atoms with E-state index in [-0.39, 0.29) is 23.2 Å². The first kappa shape index (κ1) is 27.6. The topological polar surface area (TPSA) is 86.8 Å². The molecule has 0 bridgehead atoms. The maximum atomic E-state index is 13.6. The van der Waals surface area contributed by atoms with Crippen LogP contribution < -0.4 is 9.62 Å². The monoisotopic (exact) mass is 511 g/mol. The Morgan fingerprint density at radius 3 is 2.35 bits per heavy atom. The fourth-order valence-corrected chi connectivity index (χ4v) is 4.53. The maximum absolute atomic E-state index is 13.6. The Morgan fingerprint density at radius 2 is 1.79 bits per heavy atom. The number of nitrogens with zero attached hydrogens (tertiary/aromatic N) is 2. The third-order valence-electron chi connectivity index (χ3n) is 5.29. The number of sulfonamides is 1. The van der Waals surface area contributed by atoms with Gasteiger partial charge in [-0.15, -0.1) is 0 Å². The molecule has 10 heteroatoms. The number of benzene rings is 2. The van der Waals surface area contributed by atoms with Gasteiger partial charge in [0.1, 0.15) is 18.4 Å². The Bertz CT molecular complexity index is 1080. The van der Waals surface area contributed by atoms with Crippen LogP contribution in [0.2, 0.25) is 5.02 Å². The van der Waals surface area contributed by atoms with E-state index in [1.165, 1.54) is 11.0 Å². The van der Waals surface area contributed by atoms with Crippen LogP contribution >= 0.6 is 11.6 Å². The maximum Gasteiger partial charge on any atom is 0.244 e. The number of carbonyl (C=O) groups is 2. The molecule has 1 N–H and O–H groups in total. The molecule has 0 heterocycles. The molecule has 0 fully saturated rings. The Balaban J connectivity index is 2.36. The van der Waals surface area contributed by atoms with Crippen molar-refractivity contribution in [2.75, 3.05) is 30.2 Å². The minimum atomic E-state index is -3.91. The molecule has 0 aliphatic heterocycles. The Morgan fingerprint density at radius 1 is 1.12 bits per heavy atom. The summed E-state index contributed by atoms with van der Waals surface area (Å²) in [5, 5.41) is 2.56. The molecule has 186 valence electrons. The lowest BCUT2D eigenvalue weighted by Crippen LogP contribution is -2.53. The van der Waals surface area contributed by atoms with E-state index in [0.717, 1.165) is 34.7 Å². The summed E-state index contributed by atoms with van der Waals surface area (Å²) in [6.45, 7) is 3.87. The summed E-state index contributed by atoms with van der Waals surface area (Å²) in [5.41, 5.74) is 1.04. The van der Waals surface area contributed by atoms with Gasteiger partial charge < -0.3 is 10.2 Å². The molecule has 1 unspecified atom stereocenters. The van der Waals surface area contributed by atoms with Crippen LogP contribution in [0.4, 0.5) is 10.1 Å². The fourth-order valence-electron chi connectivity index (χ4n) is 3.52. The van der Waals surface area contributed by atoms with Gasteiger partial charge in [-0.3, -0.25) is 13.9 Å². The highest BCUT2D eigenvalue weighted by Gasteiger charge is 2.31. The second-order valence-electron chi connectivity index (χ2n) is 7.91. The van der Waals surface area contributed by atoms with Crippen molar-refractivity contribution in [1.29, 1.82) is 0 Å². The SMILES string of the molecule is CCCNC(=O)C(CC)N(CCc1ccccc1)C(=O)CN(c1ccc(F)c(Cl)c1)S(C)(=O)=O. The second kappa shape index (κ2) is 12.7. The molecular formula is C24H31ClFN3O4S. The van der Waals surface area contributed by atoms with E-state index in [0.29, 0.717) is 19.4 Å². The highest BCUT2D eigenvalue weighted by molar-refractivity contribution is 7.92. The molecule has 2 aromatic rings. The summed E-state index contributed by atoms with van der Waals surface area (Å²) in [4.78, 5) is 27.7. The minimum absolute atomic E-state index is 0.0637. The smallest absolute Gasteiger partial charge is 0.244 e. The number of nitrogens with one attached hydrogen (secondary N) is 1. The molecule has 0 aliphatic carbocycles. The molecule has 2 rings (SSSR count). The standard InChI is InChI=1S/C24H31ClFN3O4S/c1-4-14-27-24(31)22(5-2)28(15-13-18-9-7-6-8-10-18)23(30)17-29(34(3,32)33)19-11-12-21(26)20(25)16-19/h6-12,16,22H,4-5,13-15,17H2,1-3H3,(H,27,31). The van der Waals surface area contributed by atoms with Crippen molar-refractivity contribution in [1.82, 2.24) is 10.2 Å². The number of hydrogen-bond acceptors (Lipinski definition) is 4. The van der Waals surface area contributed by atoms with E-state index in [4.69, 9.17) is 11.6 Å². The quantitative estimate of drug-likeness (QED) is 0.471. The summed E-state index contributed by atoms with van der Waals surface area (Å²) in [6, 6.07) is 12.2. The summed E-state index contributed by atoms with van der Waals surface area (Å²) < 4.78 is 39.5. The number of carbonyl (C=O) groups excluding carboxylic acids is 2. The van der Waals surface area contributed by atoms with Crippen molar-refractivity contribution >= 4 is 39.1 Å². The first-order valence-corrected chi connectivity index (χ1v) is 13.3. The summed E-state index contributed by atoms with van der Waals surface area (Å²) >= 11 is 5.84. The number of halogens is 2. The Hall–Kier alpha value is -2.65. The van der Waals surface area contributed by atoms with Gasteiger partial charge in [-0.05, 0) is 43.0 Å². The van der Waals surface area contributed by atoms with Gasteiger partial charge in [0.05, 0.1) is 17.0 Å². The third kappa shape index (κ3) is 7.70. The van der Waals surface area contributed by atoms with E-state index in [1.807, 2.05) is 37.3 Å². The number of rotatable bonds is 12. The molecule has 0 saturated heterocycles. The normalized spacial score (nSPS) is 12.1. The first-order chi connectivity index (χ1) is 16.1. The van der Waals surface area contributed by atoms with Crippen LogP contribution in [-0.4, -0.2) is 57.1 Å². The minimum Gasteiger partial charge on any atom is -0.354 e. The lowest BCUT2D eigenvalue weighted by molar-refractivity contribution is -0.139. The number of amides is 2. The molecule has 34 heavy (non-hydrogen) atoms. The number of anilines is 1. The molecule has 0 radical (unpaired) electrons. The van der Waals surface area contributed by atoms with Gasteiger partial charge in [0.25, 0.3) is 0 Å². The van der Waals surface area contributed by atoms with Crippen LogP contribution in [0.25, 0.3) is 0 Å². The van der Waals surface area contributed by atoms with Crippen molar-refractivity contribution < 1.29 is 22.4 Å². The molecule has 0 spiro atoms. The molecule has 2 amide bonds. The van der Waals surface area contributed by atoms with Crippen molar-refractivity contribution in [3.05, 3.63) is 64.9 Å². The molecule has 0 saturated carbocycles. The lowest BCUT2D eigenvalue weighted by atomic mass is 10.1. The molecule has 7 nitrogen and oxygen atoms in total. The van der Waals surface area contributed by atoms with Gasteiger partial charge in [-0.25, -0.2) is 12.8 Å². The number of hydrogen-bond donors (Lipinski definition) is 1. The first-order valence-electron chi connectivity index (χ1n) is 11.1. The van der Waals surface area contributed by atoms with Crippen molar-refractivity contribution in [3.63, 3.8) is 0 Å². The van der Waals surface area contributed by atoms with Crippen LogP contribution in [-0.2, 0) is 26.0 Å². The zero-order valence-corrected chi connectivity index (χ0v) is 21.2. The van der Waals surface area contributed by atoms with Gasteiger partial charge >= 0.3 is 0 Å². The fraction of sp³-hybridized carbons (Fsp3) is 0.417. The van der Waals surface area contributed by atoms with Crippen LogP contribution in [0.3, 0.4) is 0 Å². The van der Waals surface area contributed by atoms with E-state index in [2.05, 4.69) is 5.32 Å². The van der Waals surface area contributed by atoms with E-state index >= 15 is 0 Å². The molecule has 0 aliphatic rings. The van der Waals surface area contributed by atoms with E-state index in [1.54, 1.807) is 6.92 Å². The van der Waals surface area contributed by atoms with Gasteiger partial charge in [0, 0.05) is 13.1 Å². The van der Waals surface area contributed by atoms with Gasteiger partial charge in [0.2, 0.25) is 21.8 Å². The Labute approximate surface area is 205 Å². The van der Waals surface area contributed by atoms with E-state index in [9.17, 15) is 22.4 Å². The summed E-state index contributed by atoms with van der Waals surface area (Å²) in [5.74, 6) is -1.53. The average Bonchev–Trinajstić information content (AvgIpc) is 2.80. The zero-order valence-electron chi connectivity index (χ0n) is 19.6. The second-order valence-corrected chi connectivity index (χ2v) is 10.2. The molecule has 1 atom stereocenters. The van der Waals surface area contributed by atoms with Crippen LogP contribution in [0, 0.1) is 5.82 Å². The van der Waals surface area contributed by atoms with Crippen LogP contribution in [0.5, 0.6) is 0 Å². The van der Waals surface area contributed by atoms with Crippen LogP contribution in [0.15, 0.2) is 48.5 Å². The molecule has 2 aromatic carbocycles. The van der Waals surface area contributed by atoms with Crippen molar-refractivity contribution in [2.24, 2.45) is 0 Å². The average molecular weight is 512 g/mol. The van der Waals surface area contributed by atoms with Crippen molar-refractivity contribution in [2.45, 2.75) is 39.2 Å². The molecular weight excluding hydrogens is 481 g/mol. The largest absolute Gasteiger partial charge is 0.354 e. The van der Waals surface area contributed by atoms with Gasteiger partial charge in [0.15, 0.2) is 0 Å². The summed E-state index contributed by atoms with van der Waals surface area (Å²) in [6.07, 6.45) is 2.55. The van der Waals surface area contributed by atoms with Gasteiger partial charge in [-0.1, -0.05) is 55.8 Å². The third-order valence-corrected chi connectivity index (χ3v) is 6.72. The highest BCUT2D eigenvalue weighted by atomic mass is 35.5. The molecule has 0 aromatic heterocycles. The summed E-state index contributed by atoms with van der Waals surface area (Å²) in [7, 11) is -3.91. The zero-order chi connectivity index (χ0) is 25.3. The van der Waals surface area contributed by atoms with Crippen molar-refractivity contribution in [3.8, 4) is 0 Å². The predicted octanol–water partition coefficient (Wildman–Crippen LogP) is 3.62. The van der Waals surface area contributed by atoms with Crippen LogP contribution in [0.1, 0.15) is 32.3 Å². The Kier molecular flexibility index (Phi) is 10.3. The van der Waals surface area contributed by atoms with E-state index < -0.39 is 34.3 Å². The van der Waals surface area contributed by atoms with Gasteiger partial charge in [-0.2, -0.15) is 0 Å². The highest BCUT2D eigenvalue weighted by Crippen LogP contribution is 2.25.